The molecule has 2 N–H and O–H groups in total. The molecule has 1 aromatic carbocycles. The fourth-order valence-corrected chi connectivity index (χ4v) is 2.44. The Bertz CT molecular complexity index is 312. The second-order valence-electron chi connectivity index (χ2n) is 3.39. The molecule has 0 aliphatic carbocycles. The molecular formula is C11H16N2S. The van der Waals surface area contributed by atoms with Crippen LogP contribution >= 0.6 is 11.8 Å². The van der Waals surface area contributed by atoms with E-state index in [1.54, 1.807) is 0 Å². The minimum absolute atomic E-state index is 0.968. The number of benzene rings is 1. The molecule has 0 radical (unpaired) electrons. The van der Waals surface area contributed by atoms with Gasteiger partial charge in [0.25, 0.3) is 0 Å². The van der Waals surface area contributed by atoms with E-state index in [1.807, 2.05) is 11.8 Å². The number of fused-ring (bicyclic) bond motifs is 1. The zero-order chi connectivity index (χ0) is 9.80. The summed E-state index contributed by atoms with van der Waals surface area (Å²) in [6, 6.07) is 6.68. The number of thioether (sulfide) groups is 1. The molecule has 76 valence electrons. The summed E-state index contributed by atoms with van der Waals surface area (Å²) in [5.41, 5.74) is 2.66. The zero-order valence-corrected chi connectivity index (χ0v) is 9.29. The number of nitrogens with one attached hydrogen (secondary N) is 2. The summed E-state index contributed by atoms with van der Waals surface area (Å²) in [4.78, 5) is 1.39. The van der Waals surface area contributed by atoms with Crippen LogP contribution in [-0.2, 0) is 6.54 Å². The molecule has 0 spiro atoms. The van der Waals surface area contributed by atoms with Gasteiger partial charge in [-0.15, -0.1) is 11.8 Å². The van der Waals surface area contributed by atoms with Gasteiger partial charge in [-0.1, -0.05) is 13.0 Å². The monoisotopic (exact) mass is 208 g/mol. The summed E-state index contributed by atoms with van der Waals surface area (Å²) in [6.45, 7) is 5.21. The van der Waals surface area contributed by atoms with Crippen molar-refractivity contribution in [3.05, 3.63) is 23.8 Å². The molecule has 0 aromatic heterocycles. The van der Waals surface area contributed by atoms with Crippen LogP contribution in [0, 0.1) is 0 Å². The summed E-state index contributed by atoms with van der Waals surface area (Å²) in [7, 11) is 0. The lowest BCUT2D eigenvalue weighted by atomic mass is 10.2. The molecule has 0 fully saturated rings. The zero-order valence-electron chi connectivity index (χ0n) is 8.47. The van der Waals surface area contributed by atoms with Crippen LogP contribution in [0.2, 0.25) is 0 Å². The van der Waals surface area contributed by atoms with Gasteiger partial charge in [-0.05, 0) is 24.2 Å². The fraction of sp³-hybridized carbons (Fsp3) is 0.455. The van der Waals surface area contributed by atoms with Gasteiger partial charge in [0.2, 0.25) is 0 Å². The predicted octanol–water partition coefficient (Wildman–Crippen LogP) is 2.31. The van der Waals surface area contributed by atoms with Crippen LogP contribution < -0.4 is 10.6 Å². The molecule has 3 heteroatoms. The molecular weight excluding hydrogens is 192 g/mol. The maximum atomic E-state index is 3.43. The van der Waals surface area contributed by atoms with Gasteiger partial charge in [-0.25, -0.2) is 0 Å². The molecule has 2 rings (SSSR count). The Morgan fingerprint density at radius 1 is 1.50 bits per heavy atom. The Kier molecular flexibility index (Phi) is 3.32. The number of anilines is 1. The quantitative estimate of drug-likeness (QED) is 0.797. The van der Waals surface area contributed by atoms with Crippen LogP contribution in [0.25, 0.3) is 0 Å². The molecule has 1 aromatic rings. The van der Waals surface area contributed by atoms with E-state index >= 15 is 0 Å². The van der Waals surface area contributed by atoms with Crippen molar-refractivity contribution < 1.29 is 0 Å². The Morgan fingerprint density at radius 3 is 3.29 bits per heavy atom. The topological polar surface area (TPSA) is 24.1 Å². The van der Waals surface area contributed by atoms with Crippen LogP contribution in [0.3, 0.4) is 0 Å². The summed E-state index contributed by atoms with van der Waals surface area (Å²) < 4.78 is 0. The van der Waals surface area contributed by atoms with Crippen molar-refractivity contribution in [2.45, 2.75) is 18.4 Å². The van der Waals surface area contributed by atoms with E-state index < -0.39 is 0 Å². The lowest BCUT2D eigenvalue weighted by Gasteiger charge is -2.18. The highest BCUT2D eigenvalue weighted by Gasteiger charge is 2.08. The molecule has 0 saturated carbocycles. The predicted molar refractivity (Wildman–Crippen MR) is 63.0 cm³/mol. The maximum absolute atomic E-state index is 3.43. The first kappa shape index (κ1) is 9.87. The largest absolute Gasteiger partial charge is 0.383 e. The molecule has 2 nitrogen and oxygen atoms in total. The Morgan fingerprint density at radius 2 is 2.43 bits per heavy atom. The van der Waals surface area contributed by atoms with Crippen molar-refractivity contribution >= 4 is 17.4 Å². The summed E-state index contributed by atoms with van der Waals surface area (Å²) in [6.07, 6.45) is 0. The summed E-state index contributed by atoms with van der Waals surface area (Å²) in [5, 5.41) is 6.77. The van der Waals surface area contributed by atoms with E-state index in [-0.39, 0.29) is 0 Å². The van der Waals surface area contributed by atoms with Gasteiger partial charge < -0.3 is 10.6 Å². The lowest BCUT2D eigenvalue weighted by Crippen LogP contribution is -2.14. The fourth-order valence-electron chi connectivity index (χ4n) is 1.57. The summed E-state index contributed by atoms with van der Waals surface area (Å²) >= 11 is 1.94. The van der Waals surface area contributed by atoms with E-state index in [2.05, 4.69) is 35.8 Å². The molecule has 0 bridgehead atoms. The van der Waals surface area contributed by atoms with E-state index in [1.165, 1.54) is 21.9 Å². The van der Waals surface area contributed by atoms with Gasteiger partial charge in [0.15, 0.2) is 0 Å². The minimum Gasteiger partial charge on any atom is -0.383 e. The smallest absolute Gasteiger partial charge is 0.0481 e. The highest BCUT2D eigenvalue weighted by atomic mass is 32.2. The highest BCUT2D eigenvalue weighted by molar-refractivity contribution is 7.99. The molecule has 14 heavy (non-hydrogen) atoms. The second-order valence-corrected chi connectivity index (χ2v) is 4.52. The third-order valence-corrected chi connectivity index (χ3v) is 3.37. The van der Waals surface area contributed by atoms with Crippen LogP contribution in [0.15, 0.2) is 23.1 Å². The van der Waals surface area contributed by atoms with Crippen LogP contribution in [0.5, 0.6) is 0 Å². The van der Waals surface area contributed by atoms with E-state index in [4.69, 9.17) is 0 Å². The second kappa shape index (κ2) is 4.71. The van der Waals surface area contributed by atoms with Crippen LogP contribution in [0.4, 0.5) is 5.69 Å². The van der Waals surface area contributed by atoms with Crippen molar-refractivity contribution in [2.24, 2.45) is 0 Å². The highest BCUT2D eigenvalue weighted by Crippen LogP contribution is 2.31. The third-order valence-electron chi connectivity index (χ3n) is 2.30. The molecule has 0 amide bonds. The maximum Gasteiger partial charge on any atom is 0.0481 e. The summed E-state index contributed by atoms with van der Waals surface area (Å²) in [5.74, 6) is 1.18. The average molecular weight is 208 g/mol. The van der Waals surface area contributed by atoms with Crippen LogP contribution in [0.1, 0.15) is 12.5 Å². The molecule has 1 aliphatic rings. The molecule has 1 heterocycles. The van der Waals surface area contributed by atoms with Crippen molar-refractivity contribution in [3.63, 3.8) is 0 Å². The van der Waals surface area contributed by atoms with Crippen LogP contribution in [-0.4, -0.2) is 18.8 Å². The molecule has 1 aliphatic heterocycles. The first-order valence-electron chi connectivity index (χ1n) is 5.10. The molecule has 0 atom stereocenters. The number of hydrogen-bond donors (Lipinski definition) is 2. The molecule has 0 unspecified atom stereocenters. The number of rotatable bonds is 3. The van der Waals surface area contributed by atoms with E-state index in [0.717, 1.165) is 19.6 Å². The van der Waals surface area contributed by atoms with Gasteiger partial charge >= 0.3 is 0 Å². The van der Waals surface area contributed by atoms with Gasteiger partial charge in [0.1, 0.15) is 0 Å². The average Bonchev–Trinajstić information content (AvgIpc) is 2.26. The van der Waals surface area contributed by atoms with Gasteiger partial charge in [-0.3, -0.25) is 0 Å². The van der Waals surface area contributed by atoms with Crippen molar-refractivity contribution in [1.29, 1.82) is 0 Å². The SMILES string of the molecule is CCNCc1ccc2c(c1)NCCS2. The van der Waals surface area contributed by atoms with E-state index in [9.17, 15) is 0 Å². The van der Waals surface area contributed by atoms with Crippen molar-refractivity contribution in [3.8, 4) is 0 Å². The van der Waals surface area contributed by atoms with Crippen molar-refractivity contribution in [1.82, 2.24) is 5.32 Å². The van der Waals surface area contributed by atoms with Gasteiger partial charge in [0.05, 0.1) is 0 Å². The van der Waals surface area contributed by atoms with Crippen molar-refractivity contribution in [2.75, 3.05) is 24.2 Å². The normalized spacial score (nSPS) is 14.6. The molecule has 0 saturated heterocycles. The number of hydrogen-bond acceptors (Lipinski definition) is 3. The van der Waals surface area contributed by atoms with Gasteiger partial charge in [0, 0.05) is 29.4 Å². The lowest BCUT2D eigenvalue weighted by molar-refractivity contribution is 0.726. The first-order chi connectivity index (χ1) is 6.90. The Balaban J connectivity index is 2.12. The Labute approximate surface area is 89.5 Å². The first-order valence-corrected chi connectivity index (χ1v) is 6.09. The standard InChI is InChI=1S/C11H16N2S/c1-2-12-8-9-3-4-11-10(7-9)13-5-6-14-11/h3-4,7,12-13H,2,5-6,8H2,1H3. The Hall–Kier alpha value is -0.670. The van der Waals surface area contributed by atoms with E-state index in [0.29, 0.717) is 0 Å². The minimum atomic E-state index is 0.968. The third kappa shape index (κ3) is 2.22. The van der Waals surface area contributed by atoms with Gasteiger partial charge in [-0.2, -0.15) is 0 Å².